The number of hydrogen-bond acceptors (Lipinski definition) is 3. The Hall–Kier alpha value is -1.42. The van der Waals surface area contributed by atoms with Crippen molar-refractivity contribution in [3.63, 3.8) is 0 Å². The highest BCUT2D eigenvalue weighted by Crippen LogP contribution is 2.09. The van der Waals surface area contributed by atoms with Crippen LogP contribution in [0, 0.1) is 5.92 Å². The molecule has 2 N–H and O–H groups in total. The largest absolute Gasteiger partial charge is 0.356 e. The maximum Gasteiger partial charge on any atom is 0.221 e. The lowest BCUT2D eigenvalue weighted by Gasteiger charge is -2.14. The van der Waals surface area contributed by atoms with E-state index >= 15 is 0 Å². The highest BCUT2D eigenvalue weighted by Gasteiger charge is 2.06. The minimum atomic E-state index is 0.109. The molecule has 1 aromatic heterocycles. The molecule has 1 amide bonds. The van der Waals surface area contributed by atoms with Crippen molar-refractivity contribution >= 4 is 5.91 Å². The number of rotatable bonds is 7. The van der Waals surface area contributed by atoms with Gasteiger partial charge in [-0.05, 0) is 30.5 Å². The first-order valence-corrected chi connectivity index (χ1v) is 6.49. The van der Waals surface area contributed by atoms with Crippen LogP contribution in [0.1, 0.15) is 38.8 Å². The van der Waals surface area contributed by atoms with Crippen LogP contribution >= 0.6 is 0 Å². The van der Waals surface area contributed by atoms with Crippen molar-refractivity contribution in [2.75, 3.05) is 13.1 Å². The molecular weight excluding hydrogens is 226 g/mol. The fourth-order valence-corrected chi connectivity index (χ4v) is 1.58. The van der Waals surface area contributed by atoms with Gasteiger partial charge < -0.3 is 10.6 Å². The molecule has 4 heteroatoms. The van der Waals surface area contributed by atoms with Crippen LogP contribution in [0.5, 0.6) is 0 Å². The Kier molecular flexibility index (Phi) is 6.36. The molecule has 0 spiro atoms. The first-order chi connectivity index (χ1) is 8.59. The number of nitrogens with one attached hydrogen (secondary N) is 2. The normalized spacial score (nSPS) is 12.4. The number of carbonyl (C=O) groups is 1. The topological polar surface area (TPSA) is 54.0 Å². The molecular formula is C14H23N3O. The van der Waals surface area contributed by atoms with Gasteiger partial charge in [-0.3, -0.25) is 9.78 Å². The van der Waals surface area contributed by atoms with E-state index in [1.54, 1.807) is 12.4 Å². The molecule has 0 saturated heterocycles. The van der Waals surface area contributed by atoms with Gasteiger partial charge in [-0.1, -0.05) is 13.8 Å². The van der Waals surface area contributed by atoms with Gasteiger partial charge in [0, 0.05) is 37.9 Å². The lowest BCUT2D eigenvalue weighted by molar-refractivity contribution is -0.121. The summed E-state index contributed by atoms with van der Waals surface area (Å²) in [5.41, 5.74) is 1.19. The third-order valence-electron chi connectivity index (χ3n) is 2.72. The third kappa shape index (κ3) is 5.77. The second kappa shape index (κ2) is 7.82. The first-order valence-electron chi connectivity index (χ1n) is 6.49. The van der Waals surface area contributed by atoms with Crippen LogP contribution in [-0.4, -0.2) is 24.0 Å². The van der Waals surface area contributed by atoms with Crippen molar-refractivity contribution in [2.24, 2.45) is 5.92 Å². The molecule has 18 heavy (non-hydrogen) atoms. The molecule has 1 aromatic rings. The lowest BCUT2D eigenvalue weighted by atomic mass is 10.1. The van der Waals surface area contributed by atoms with Crippen LogP contribution in [0.3, 0.4) is 0 Å². The summed E-state index contributed by atoms with van der Waals surface area (Å²) in [6, 6.07) is 4.21. The van der Waals surface area contributed by atoms with E-state index in [9.17, 15) is 4.79 Å². The van der Waals surface area contributed by atoms with Crippen LogP contribution in [0.25, 0.3) is 0 Å². The van der Waals surface area contributed by atoms with Crippen LogP contribution in [0.15, 0.2) is 24.5 Å². The minimum absolute atomic E-state index is 0.109. The fraction of sp³-hybridized carbons (Fsp3) is 0.571. The van der Waals surface area contributed by atoms with Crippen molar-refractivity contribution in [3.05, 3.63) is 30.1 Å². The molecule has 0 saturated carbocycles. The van der Waals surface area contributed by atoms with Crippen molar-refractivity contribution in [1.82, 2.24) is 15.6 Å². The first kappa shape index (κ1) is 14.6. The zero-order chi connectivity index (χ0) is 13.4. The summed E-state index contributed by atoms with van der Waals surface area (Å²) in [5, 5.41) is 6.24. The summed E-state index contributed by atoms with van der Waals surface area (Å²) >= 11 is 0. The van der Waals surface area contributed by atoms with E-state index in [1.807, 2.05) is 12.1 Å². The minimum Gasteiger partial charge on any atom is -0.356 e. The van der Waals surface area contributed by atoms with E-state index in [4.69, 9.17) is 0 Å². The van der Waals surface area contributed by atoms with Gasteiger partial charge in [0.1, 0.15) is 0 Å². The van der Waals surface area contributed by atoms with Gasteiger partial charge in [0.2, 0.25) is 5.91 Å². The van der Waals surface area contributed by atoms with Crippen molar-refractivity contribution in [2.45, 2.75) is 33.2 Å². The van der Waals surface area contributed by atoms with Crippen molar-refractivity contribution < 1.29 is 4.79 Å². The summed E-state index contributed by atoms with van der Waals surface area (Å²) in [6.07, 6.45) is 4.08. The maximum atomic E-state index is 11.5. The monoisotopic (exact) mass is 249 g/mol. The van der Waals surface area contributed by atoms with E-state index in [0.717, 1.165) is 6.54 Å². The molecule has 1 atom stereocenters. The molecule has 1 unspecified atom stereocenters. The molecule has 0 aliphatic carbocycles. The Labute approximate surface area is 109 Å². The van der Waals surface area contributed by atoms with Crippen LogP contribution < -0.4 is 10.6 Å². The van der Waals surface area contributed by atoms with Gasteiger partial charge in [0.05, 0.1) is 0 Å². The molecule has 1 rings (SSSR count). The molecule has 4 nitrogen and oxygen atoms in total. The summed E-state index contributed by atoms with van der Waals surface area (Å²) in [6.45, 7) is 7.70. The summed E-state index contributed by atoms with van der Waals surface area (Å²) in [7, 11) is 0. The highest BCUT2D eigenvalue weighted by molar-refractivity contribution is 5.76. The molecule has 1 heterocycles. The summed E-state index contributed by atoms with van der Waals surface area (Å²) in [5.74, 6) is 0.607. The zero-order valence-electron chi connectivity index (χ0n) is 11.4. The second-order valence-corrected chi connectivity index (χ2v) is 4.90. The molecule has 0 aliphatic rings. The average Bonchev–Trinajstić information content (AvgIpc) is 2.37. The molecule has 0 aliphatic heterocycles. The summed E-state index contributed by atoms with van der Waals surface area (Å²) < 4.78 is 0. The standard InChI is InChI=1S/C14H23N3O/c1-11(2)10-17-14(18)6-9-16-12(3)13-4-7-15-8-5-13/h4-5,7-8,11-12,16H,6,9-10H2,1-3H3,(H,17,18). The van der Waals surface area contributed by atoms with Gasteiger partial charge in [0.25, 0.3) is 0 Å². The highest BCUT2D eigenvalue weighted by atomic mass is 16.1. The van der Waals surface area contributed by atoms with Crippen LogP contribution in [0.4, 0.5) is 0 Å². The quantitative estimate of drug-likeness (QED) is 0.776. The fourth-order valence-electron chi connectivity index (χ4n) is 1.58. The Morgan fingerprint density at radius 1 is 1.28 bits per heavy atom. The Morgan fingerprint density at radius 3 is 2.56 bits per heavy atom. The average molecular weight is 249 g/mol. The Balaban J connectivity index is 2.19. The van der Waals surface area contributed by atoms with Crippen LogP contribution in [-0.2, 0) is 4.79 Å². The number of aromatic nitrogens is 1. The van der Waals surface area contributed by atoms with Crippen molar-refractivity contribution in [3.8, 4) is 0 Å². The number of nitrogens with zero attached hydrogens (tertiary/aromatic N) is 1. The number of carbonyl (C=O) groups excluding carboxylic acids is 1. The second-order valence-electron chi connectivity index (χ2n) is 4.90. The van der Waals surface area contributed by atoms with E-state index < -0.39 is 0 Å². The molecule has 0 aromatic carbocycles. The zero-order valence-corrected chi connectivity index (χ0v) is 11.4. The van der Waals surface area contributed by atoms with E-state index in [0.29, 0.717) is 18.9 Å². The SMILES string of the molecule is CC(C)CNC(=O)CCNC(C)c1ccncc1. The Bertz CT molecular complexity index is 351. The van der Waals surface area contributed by atoms with E-state index in [-0.39, 0.29) is 11.9 Å². The third-order valence-corrected chi connectivity index (χ3v) is 2.72. The molecule has 100 valence electrons. The van der Waals surface area contributed by atoms with Crippen LogP contribution in [0.2, 0.25) is 0 Å². The maximum absolute atomic E-state index is 11.5. The molecule has 0 radical (unpaired) electrons. The predicted octanol–water partition coefficient (Wildman–Crippen LogP) is 1.89. The predicted molar refractivity (Wildman–Crippen MR) is 73.1 cm³/mol. The van der Waals surface area contributed by atoms with Gasteiger partial charge in [-0.15, -0.1) is 0 Å². The molecule has 0 bridgehead atoms. The summed E-state index contributed by atoms with van der Waals surface area (Å²) in [4.78, 5) is 15.5. The number of amides is 1. The smallest absolute Gasteiger partial charge is 0.221 e. The van der Waals surface area contributed by atoms with E-state index in [2.05, 4.69) is 36.4 Å². The van der Waals surface area contributed by atoms with Gasteiger partial charge in [-0.25, -0.2) is 0 Å². The number of hydrogen-bond donors (Lipinski definition) is 2. The molecule has 0 fully saturated rings. The Morgan fingerprint density at radius 2 is 1.94 bits per heavy atom. The number of pyridine rings is 1. The van der Waals surface area contributed by atoms with Gasteiger partial charge >= 0.3 is 0 Å². The van der Waals surface area contributed by atoms with E-state index in [1.165, 1.54) is 5.56 Å². The van der Waals surface area contributed by atoms with Gasteiger partial charge in [-0.2, -0.15) is 0 Å². The van der Waals surface area contributed by atoms with Crippen molar-refractivity contribution in [1.29, 1.82) is 0 Å². The lowest BCUT2D eigenvalue weighted by Crippen LogP contribution is -2.31. The van der Waals surface area contributed by atoms with Gasteiger partial charge in [0.15, 0.2) is 0 Å².